The fourth-order valence-electron chi connectivity index (χ4n) is 2.61. The molecule has 0 aromatic heterocycles. The molecule has 26 heavy (non-hydrogen) atoms. The third-order valence-corrected chi connectivity index (χ3v) is 4.07. The van der Waals surface area contributed by atoms with Gasteiger partial charge in [-0.1, -0.05) is 29.8 Å². The smallest absolute Gasteiger partial charge is 0.269 e. The van der Waals surface area contributed by atoms with E-state index in [-0.39, 0.29) is 5.57 Å². The Hall–Kier alpha value is -2.83. The molecule has 7 heteroatoms. The van der Waals surface area contributed by atoms with E-state index in [2.05, 4.69) is 10.6 Å². The first-order chi connectivity index (χ1) is 12.6. The fourth-order valence-corrected chi connectivity index (χ4v) is 2.77. The molecule has 2 N–H and O–H groups in total. The van der Waals surface area contributed by atoms with Crippen LogP contribution in [0.3, 0.4) is 0 Å². The van der Waals surface area contributed by atoms with Crippen LogP contribution in [-0.4, -0.2) is 32.1 Å². The van der Waals surface area contributed by atoms with Crippen LogP contribution in [0.2, 0.25) is 5.02 Å². The summed E-state index contributed by atoms with van der Waals surface area (Å²) in [6.45, 7) is 0.933. The lowest BCUT2D eigenvalue weighted by Crippen LogP contribution is -2.30. The minimum Gasteiger partial charge on any atom is -0.388 e. The van der Waals surface area contributed by atoms with Crippen molar-refractivity contribution in [2.75, 3.05) is 30.5 Å². The standard InChI is InChI=1S/C19H18ClN3O3/c1-26-10-9-21-12-15-18(24)22-16-8-7-13(20)11-17(16)23(19(15)25)14-5-3-2-4-6-14/h2-8,11-12,21H,9-10H2,1H3,(H,22,24)/b15-12-. The summed E-state index contributed by atoms with van der Waals surface area (Å²) in [5, 5.41) is 6.17. The highest BCUT2D eigenvalue weighted by atomic mass is 35.5. The number of hydrogen-bond donors (Lipinski definition) is 2. The van der Waals surface area contributed by atoms with Gasteiger partial charge in [0.05, 0.1) is 18.0 Å². The van der Waals surface area contributed by atoms with Gasteiger partial charge in [-0.3, -0.25) is 14.5 Å². The van der Waals surface area contributed by atoms with Crippen LogP contribution in [0.4, 0.5) is 17.1 Å². The van der Waals surface area contributed by atoms with Crippen LogP contribution in [0.1, 0.15) is 0 Å². The van der Waals surface area contributed by atoms with Crippen LogP contribution in [0.25, 0.3) is 0 Å². The molecule has 3 rings (SSSR count). The summed E-state index contributed by atoms with van der Waals surface area (Å²) in [6, 6.07) is 14.1. The van der Waals surface area contributed by atoms with Gasteiger partial charge in [-0.25, -0.2) is 0 Å². The maximum Gasteiger partial charge on any atom is 0.269 e. The second-order valence-electron chi connectivity index (χ2n) is 5.60. The lowest BCUT2D eigenvalue weighted by Gasteiger charge is -2.23. The second-order valence-corrected chi connectivity index (χ2v) is 6.03. The molecule has 0 atom stereocenters. The zero-order chi connectivity index (χ0) is 18.5. The van der Waals surface area contributed by atoms with E-state index in [0.717, 1.165) is 0 Å². The molecule has 0 unspecified atom stereocenters. The second kappa shape index (κ2) is 8.03. The predicted octanol–water partition coefficient (Wildman–Crippen LogP) is 3.08. The number of benzene rings is 2. The molecular formula is C19H18ClN3O3. The van der Waals surface area contributed by atoms with E-state index >= 15 is 0 Å². The summed E-state index contributed by atoms with van der Waals surface area (Å²) >= 11 is 6.13. The highest BCUT2D eigenvalue weighted by Gasteiger charge is 2.32. The van der Waals surface area contributed by atoms with Gasteiger partial charge in [-0.15, -0.1) is 0 Å². The lowest BCUT2D eigenvalue weighted by molar-refractivity contribution is -0.119. The number of para-hydroxylation sites is 1. The zero-order valence-corrected chi connectivity index (χ0v) is 14.9. The molecule has 0 saturated heterocycles. The molecule has 0 aliphatic carbocycles. The summed E-state index contributed by atoms with van der Waals surface area (Å²) in [5.41, 5.74) is 1.66. The van der Waals surface area contributed by atoms with Crippen LogP contribution in [-0.2, 0) is 14.3 Å². The van der Waals surface area contributed by atoms with Gasteiger partial charge in [0.25, 0.3) is 11.8 Å². The average molecular weight is 372 g/mol. The minimum atomic E-state index is -0.484. The summed E-state index contributed by atoms with van der Waals surface area (Å²) in [6.07, 6.45) is 1.42. The van der Waals surface area contributed by atoms with Crippen molar-refractivity contribution in [3.8, 4) is 0 Å². The van der Waals surface area contributed by atoms with Gasteiger partial charge < -0.3 is 15.4 Å². The van der Waals surface area contributed by atoms with Crippen LogP contribution in [0, 0.1) is 0 Å². The number of amides is 2. The Balaban J connectivity index is 2.07. The van der Waals surface area contributed by atoms with Crippen molar-refractivity contribution in [3.63, 3.8) is 0 Å². The average Bonchev–Trinajstić information content (AvgIpc) is 2.74. The summed E-state index contributed by atoms with van der Waals surface area (Å²) in [4.78, 5) is 27.2. The van der Waals surface area contributed by atoms with Gasteiger partial charge in [0, 0.05) is 30.6 Å². The first-order valence-electron chi connectivity index (χ1n) is 8.04. The zero-order valence-electron chi connectivity index (χ0n) is 14.2. The van der Waals surface area contributed by atoms with Crippen molar-refractivity contribution < 1.29 is 14.3 Å². The number of nitrogens with one attached hydrogen (secondary N) is 2. The van der Waals surface area contributed by atoms with Gasteiger partial charge in [-0.2, -0.15) is 0 Å². The molecule has 1 aliphatic heterocycles. The Bertz CT molecular complexity index is 852. The monoisotopic (exact) mass is 371 g/mol. The number of rotatable bonds is 5. The van der Waals surface area contributed by atoms with Gasteiger partial charge in [0.15, 0.2) is 0 Å². The molecule has 2 aromatic carbocycles. The molecule has 134 valence electrons. The first kappa shape index (κ1) is 18.0. The van der Waals surface area contributed by atoms with Crippen LogP contribution >= 0.6 is 11.6 Å². The maximum atomic E-state index is 13.2. The van der Waals surface area contributed by atoms with Gasteiger partial charge in [0.1, 0.15) is 5.57 Å². The highest BCUT2D eigenvalue weighted by Crippen LogP contribution is 2.37. The number of halogens is 1. The van der Waals surface area contributed by atoms with Crippen molar-refractivity contribution in [1.82, 2.24) is 5.32 Å². The molecular weight excluding hydrogens is 354 g/mol. The minimum absolute atomic E-state index is 0.00252. The Kier molecular flexibility index (Phi) is 5.55. The Morgan fingerprint density at radius 3 is 2.69 bits per heavy atom. The molecule has 2 amide bonds. The van der Waals surface area contributed by atoms with Gasteiger partial charge in [-0.05, 0) is 30.3 Å². The van der Waals surface area contributed by atoms with Crippen LogP contribution in [0.15, 0.2) is 60.3 Å². The number of carbonyl (C=O) groups excluding carboxylic acids is 2. The molecule has 0 bridgehead atoms. The van der Waals surface area contributed by atoms with E-state index in [1.165, 1.54) is 11.1 Å². The van der Waals surface area contributed by atoms with Crippen molar-refractivity contribution in [2.45, 2.75) is 0 Å². The molecule has 0 spiro atoms. The normalized spacial score (nSPS) is 15.5. The highest BCUT2D eigenvalue weighted by molar-refractivity contribution is 6.34. The Morgan fingerprint density at radius 1 is 1.19 bits per heavy atom. The number of hydrogen-bond acceptors (Lipinski definition) is 4. The molecule has 6 nitrogen and oxygen atoms in total. The maximum absolute atomic E-state index is 13.2. The van der Waals surface area contributed by atoms with Gasteiger partial charge >= 0.3 is 0 Å². The van der Waals surface area contributed by atoms with E-state index in [1.54, 1.807) is 37.4 Å². The van der Waals surface area contributed by atoms with Crippen LogP contribution < -0.4 is 15.5 Å². The van der Waals surface area contributed by atoms with Crippen molar-refractivity contribution in [1.29, 1.82) is 0 Å². The van der Waals surface area contributed by atoms with E-state index in [1.807, 2.05) is 18.2 Å². The van der Waals surface area contributed by atoms with Gasteiger partial charge in [0.2, 0.25) is 0 Å². The summed E-state index contributed by atoms with van der Waals surface area (Å²) < 4.78 is 4.96. The van der Waals surface area contributed by atoms with Crippen molar-refractivity contribution >= 4 is 40.5 Å². The number of methoxy groups -OCH3 is 1. The van der Waals surface area contributed by atoms with E-state index in [4.69, 9.17) is 16.3 Å². The third-order valence-electron chi connectivity index (χ3n) is 3.84. The SMILES string of the molecule is COCCN/C=C1/C(=O)Nc2ccc(Cl)cc2N(c2ccccc2)C1=O. The summed E-state index contributed by atoms with van der Waals surface area (Å²) in [5.74, 6) is -0.929. The molecule has 2 aromatic rings. The predicted molar refractivity (Wildman–Crippen MR) is 102 cm³/mol. The van der Waals surface area contributed by atoms with Crippen molar-refractivity contribution in [2.24, 2.45) is 0 Å². The summed E-state index contributed by atoms with van der Waals surface area (Å²) in [7, 11) is 1.58. The van der Waals surface area contributed by atoms with E-state index in [9.17, 15) is 9.59 Å². The Morgan fingerprint density at radius 2 is 1.96 bits per heavy atom. The number of ether oxygens (including phenoxy) is 1. The largest absolute Gasteiger partial charge is 0.388 e. The van der Waals surface area contributed by atoms with E-state index < -0.39 is 11.8 Å². The number of carbonyl (C=O) groups is 2. The van der Waals surface area contributed by atoms with Crippen molar-refractivity contribution in [3.05, 3.63) is 65.3 Å². The molecule has 1 heterocycles. The topological polar surface area (TPSA) is 70.7 Å². The molecule has 0 saturated carbocycles. The number of fused-ring (bicyclic) bond motifs is 1. The molecule has 0 radical (unpaired) electrons. The quantitative estimate of drug-likeness (QED) is 0.481. The van der Waals surface area contributed by atoms with Crippen LogP contribution in [0.5, 0.6) is 0 Å². The molecule has 1 aliphatic rings. The number of nitrogens with zero attached hydrogens (tertiary/aromatic N) is 1. The third kappa shape index (κ3) is 3.71. The first-order valence-corrected chi connectivity index (χ1v) is 8.42. The fraction of sp³-hybridized carbons (Fsp3) is 0.158. The lowest BCUT2D eigenvalue weighted by atomic mass is 10.2. The Labute approximate surface area is 156 Å². The number of anilines is 3. The molecule has 0 fully saturated rings. The van der Waals surface area contributed by atoms with E-state index in [0.29, 0.717) is 35.2 Å².